The van der Waals surface area contributed by atoms with E-state index in [-0.39, 0.29) is 18.5 Å². The molecule has 0 aliphatic heterocycles. The number of ether oxygens (including phenoxy) is 3. The van der Waals surface area contributed by atoms with Crippen molar-refractivity contribution in [3.8, 4) is 11.5 Å². The largest absolute Gasteiger partial charge is 0.493 e. The minimum Gasteiger partial charge on any atom is -0.493 e. The molecule has 2 rings (SSSR count). The zero-order valence-corrected chi connectivity index (χ0v) is 23.1. The molecule has 8 nitrogen and oxygen atoms in total. The summed E-state index contributed by atoms with van der Waals surface area (Å²) in [7, 11) is 0. The lowest BCUT2D eigenvalue weighted by Gasteiger charge is -2.24. The molecule has 0 aliphatic carbocycles. The number of hydrogen-bond acceptors (Lipinski definition) is 5. The summed E-state index contributed by atoms with van der Waals surface area (Å²) in [5.41, 5.74) is 0.841. The number of carbonyl (C=O) groups is 2. The highest BCUT2D eigenvalue weighted by Gasteiger charge is 2.18. The number of carboxylic acids is 1. The second-order valence-electron chi connectivity index (χ2n) is 8.73. The molecule has 0 bridgehead atoms. The van der Waals surface area contributed by atoms with Crippen molar-refractivity contribution in [2.45, 2.75) is 52.2 Å². The summed E-state index contributed by atoms with van der Waals surface area (Å²) in [6, 6.07) is 12.2. The maximum absolute atomic E-state index is 12.7. The first-order valence-electron chi connectivity index (χ1n) is 12.4. The Morgan fingerprint density at radius 1 is 0.946 bits per heavy atom. The van der Waals surface area contributed by atoms with Gasteiger partial charge in [0.2, 0.25) is 0 Å². The van der Waals surface area contributed by atoms with Gasteiger partial charge in [0.15, 0.2) is 6.10 Å². The van der Waals surface area contributed by atoms with Gasteiger partial charge in [-0.05, 0) is 69.5 Å². The molecule has 1 atom stereocenters. The molecule has 0 saturated carbocycles. The summed E-state index contributed by atoms with van der Waals surface area (Å²) < 4.78 is 16.8. The molecule has 0 spiro atoms. The number of nitrogens with one attached hydrogen (secondary N) is 1. The number of halogens is 2. The van der Waals surface area contributed by atoms with Crippen LogP contribution in [-0.2, 0) is 16.0 Å². The molecule has 0 aromatic heterocycles. The highest BCUT2D eigenvalue weighted by molar-refractivity contribution is 6.34. The molecule has 10 heteroatoms. The van der Waals surface area contributed by atoms with Gasteiger partial charge in [0.25, 0.3) is 0 Å². The van der Waals surface area contributed by atoms with Crippen LogP contribution in [0.4, 0.5) is 4.79 Å². The Labute approximate surface area is 228 Å². The van der Waals surface area contributed by atoms with Crippen molar-refractivity contribution in [3.63, 3.8) is 0 Å². The predicted octanol–water partition coefficient (Wildman–Crippen LogP) is 5.68. The molecule has 2 N–H and O–H groups in total. The zero-order chi connectivity index (χ0) is 27.2. The second kappa shape index (κ2) is 16.2. The van der Waals surface area contributed by atoms with E-state index in [1.54, 1.807) is 42.2 Å². The van der Waals surface area contributed by atoms with Crippen molar-refractivity contribution in [2.75, 3.05) is 32.9 Å². The maximum atomic E-state index is 12.7. The van der Waals surface area contributed by atoms with Crippen LogP contribution in [-0.4, -0.2) is 67.1 Å². The number of hydrogen-bond donors (Lipinski definition) is 2. The number of unbranched alkanes of at least 4 members (excludes halogenated alkanes) is 1. The number of urea groups is 1. The van der Waals surface area contributed by atoms with Crippen LogP contribution in [0.2, 0.25) is 10.0 Å². The lowest BCUT2D eigenvalue weighted by atomic mass is 10.1. The summed E-state index contributed by atoms with van der Waals surface area (Å²) in [6.45, 7) is 7.69. The van der Waals surface area contributed by atoms with Gasteiger partial charge >= 0.3 is 12.0 Å². The van der Waals surface area contributed by atoms with Crippen molar-refractivity contribution >= 4 is 35.2 Å². The standard InChI is InChI=1S/C27H36Cl2N2O6/c1-4-35-25(26(32)33)15-20-7-9-23(10-8-20)37-14-12-31(27(34)30-19(2)3)11-5-6-13-36-24-17-21(28)16-22(29)18-24/h7-10,16-19,25H,4-6,11-15H2,1-3H3,(H,30,34)(H,32,33). The number of carbonyl (C=O) groups excluding carboxylic acids is 1. The van der Waals surface area contributed by atoms with Crippen LogP contribution >= 0.6 is 23.2 Å². The molecule has 0 heterocycles. The molecule has 0 aliphatic rings. The monoisotopic (exact) mass is 554 g/mol. The van der Waals surface area contributed by atoms with E-state index in [0.29, 0.717) is 54.5 Å². The molecule has 37 heavy (non-hydrogen) atoms. The van der Waals surface area contributed by atoms with Gasteiger partial charge in [-0.15, -0.1) is 0 Å². The Kier molecular flexibility index (Phi) is 13.4. The molecular weight excluding hydrogens is 519 g/mol. The number of carboxylic acid groups (broad SMARTS) is 1. The summed E-state index contributed by atoms with van der Waals surface area (Å²) in [5.74, 6) is 0.273. The third-order valence-electron chi connectivity index (χ3n) is 5.24. The second-order valence-corrected chi connectivity index (χ2v) is 9.60. The van der Waals surface area contributed by atoms with Gasteiger partial charge in [-0.25, -0.2) is 9.59 Å². The Morgan fingerprint density at radius 2 is 1.59 bits per heavy atom. The van der Waals surface area contributed by atoms with Gasteiger partial charge in [-0.1, -0.05) is 35.3 Å². The van der Waals surface area contributed by atoms with Crippen molar-refractivity contribution < 1.29 is 28.9 Å². The first-order valence-corrected chi connectivity index (χ1v) is 13.1. The molecule has 0 saturated heterocycles. The van der Waals surface area contributed by atoms with Crippen LogP contribution in [0.3, 0.4) is 0 Å². The fourth-order valence-electron chi connectivity index (χ4n) is 3.49. The minimum absolute atomic E-state index is 0.0192. The van der Waals surface area contributed by atoms with Gasteiger partial charge in [0.1, 0.15) is 18.1 Å². The van der Waals surface area contributed by atoms with Crippen LogP contribution in [0.15, 0.2) is 42.5 Å². The molecule has 2 aromatic carbocycles. The van der Waals surface area contributed by atoms with Gasteiger partial charge in [-0.3, -0.25) is 0 Å². The lowest BCUT2D eigenvalue weighted by Crippen LogP contribution is -2.45. The summed E-state index contributed by atoms with van der Waals surface area (Å²) in [5, 5.41) is 13.2. The maximum Gasteiger partial charge on any atom is 0.333 e. The summed E-state index contributed by atoms with van der Waals surface area (Å²) >= 11 is 12.0. The quantitative estimate of drug-likeness (QED) is 0.259. The van der Waals surface area contributed by atoms with Gasteiger partial charge in [-0.2, -0.15) is 0 Å². The topological polar surface area (TPSA) is 97.3 Å². The Hall–Kier alpha value is -2.68. The van der Waals surface area contributed by atoms with Crippen molar-refractivity contribution in [3.05, 3.63) is 58.1 Å². The Balaban J connectivity index is 1.81. The third-order valence-corrected chi connectivity index (χ3v) is 5.68. The number of rotatable bonds is 16. The van der Waals surface area contributed by atoms with Crippen LogP contribution in [0.25, 0.3) is 0 Å². The number of aliphatic carboxylic acids is 1. The van der Waals surface area contributed by atoms with E-state index in [9.17, 15) is 14.7 Å². The van der Waals surface area contributed by atoms with E-state index in [1.165, 1.54) is 0 Å². The number of benzene rings is 2. The van der Waals surface area contributed by atoms with Crippen LogP contribution < -0.4 is 14.8 Å². The normalized spacial score (nSPS) is 11.7. The third kappa shape index (κ3) is 11.9. The smallest absolute Gasteiger partial charge is 0.333 e. The molecule has 2 aromatic rings. The molecular formula is C27H36Cl2N2O6. The highest BCUT2D eigenvalue weighted by atomic mass is 35.5. The van der Waals surface area contributed by atoms with E-state index in [1.807, 2.05) is 26.0 Å². The van der Waals surface area contributed by atoms with Crippen molar-refractivity contribution in [2.24, 2.45) is 0 Å². The minimum atomic E-state index is -0.984. The average Bonchev–Trinajstić information content (AvgIpc) is 2.82. The van der Waals surface area contributed by atoms with Gasteiger partial charge < -0.3 is 29.5 Å². The van der Waals surface area contributed by atoms with Crippen LogP contribution in [0.5, 0.6) is 11.5 Å². The number of amides is 2. The van der Waals surface area contributed by atoms with Crippen LogP contribution in [0.1, 0.15) is 39.2 Å². The summed E-state index contributed by atoms with van der Waals surface area (Å²) in [4.78, 5) is 25.7. The van der Waals surface area contributed by atoms with Gasteiger partial charge in [0.05, 0.1) is 13.2 Å². The van der Waals surface area contributed by atoms with Crippen molar-refractivity contribution in [1.82, 2.24) is 10.2 Å². The molecule has 204 valence electrons. The SMILES string of the molecule is CCOC(Cc1ccc(OCCN(CCCCOc2cc(Cl)cc(Cl)c2)C(=O)NC(C)C)cc1)C(=O)O. The van der Waals surface area contributed by atoms with E-state index in [4.69, 9.17) is 37.4 Å². The number of nitrogens with zero attached hydrogens (tertiary/aromatic N) is 1. The highest BCUT2D eigenvalue weighted by Crippen LogP contribution is 2.24. The van der Waals surface area contributed by atoms with E-state index >= 15 is 0 Å². The van der Waals surface area contributed by atoms with E-state index < -0.39 is 12.1 Å². The fraction of sp³-hybridized carbons (Fsp3) is 0.481. The first-order chi connectivity index (χ1) is 17.7. The molecule has 1 unspecified atom stereocenters. The predicted molar refractivity (Wildman–Crippen MR) is 145 cm³/mol. The van der Waals surface area contributed by atoms with Gasteiger partial charge in [0, 0.05) is 35.7 Å². The average molecular weight is 555 g/mol. The molecule has 2 amide bonds. The summed E-state index contributed by atoms with van der Waals surface area (Å²) in [6.07, 6.45) is 0.898. The van der Waals surface area contributed by atoms with Crippen LogP contribution in [0, 0.1) is 0 Å². The fourth-order valence-corrected chi connectivity index (χ4v) is 3.99. The Bertz CT molecular complexity index is 967. The van der Waals surface area contributed by atoms with E-state index in [0.717, 1.165) is 18.4 Å². The molecule has 0 fully saturated rings. The first kappa shape index (κ1) is 30.5. The Morgan fingerprint density at radius 3 is 2.19 bits per heavy atom. The van der Waals surface area contributed by atoms with Crippen molar-refractivity contribution in [1.29, 1.82) is 0 Å². The molecule has 0 radical (unpaired) electrons. The lowest BCUT2D eigenvalue weighted by molar-refractivity contribution is -0.149. The zero-order valence-electron chi connectivity index (χ0n) is 21.5. The van der Waals surface area contributed by atoms with E-state index in [2.05, 4.69) is 5.32 Å².